The number of rotatable bonds is 7. The Labute approximate surface area is 218 Å². The van der Waals surface area contributed by atoms with Gasteiger partial charge in [-0.25, -0.2) is 17.8 Å². The zero-order chi connectivity index (χ0) is 26.6. The Morgan fingerprint density at radius 2 is 1.76 bits per heavy atom. The highest BCUT2D eigenvalue weighted by atomic mass is 35.5. The first kappa shape index (κ1) is 26.5. The van der Waals surface area contributed by atoms with Gasteiger partial charge in [0, 0.05) is 12.5 Å². The fourth-order valence-electron chi connectivity index (χ4n) is 3.75. The van der Waals surface area contributed by atoms with Crippen LogP contribution < -0.4 is 20.7 Å². The average Bonchev–Trinajstić information content (AvgIpc) is 2.86. The van der Waals surface area contributed by atoms with E-state index in [9.17, 15) is 22.4 Å². The number of benzene rings is 2. The average molecular weight is 547 g/mol. The van der Waals surface area contributed by atoms with Gasteiger partial charge in [0.1, 0.15) is 23.5 Å². The van der Waals surface area contributed by atoms with Crippen molar-refractivity contribution in [2.24, 2.45) is 0 Å². The number of hydrogen-bond acceptors (Lipinski definition) is 7. The Kier molecular flexibility index (Phi) is 8.06. The van der Waals surface area contributed by atoms with E-state index in [1.54, 1.807) is 0 Å². The molecule has 1 aliphatic heterocycles. The largest absolute Gasteiger partial charge is 0.489 e. The molecule has 12 heteroatoms. The van der Waals surface area contributed by atoms with Crippen LogP contribution in [0, 0.1) is 5.82 Å². The van der Waals surface area contributed by atoms with Gasteiger partial charge in [0.05, 0.1) is 26.7 Å². The van der Waals surface area contributed by atoms with E-state index in [4.69, 9.17) is 16.3 Å². The quantitative estimate of drug-likeness (QED) is 0.410. The Bertz CT molecular complexity index is 1430. The predicted molar refractivity (Wildman–Crippen MR) is 138 cm³/mol. The van der Waals surface area contributed by atoms with Gasteiger partial charge in [0.25, 0.3) is 11.8 Å². The van der Waals surface area contributed by atoms with Crippen molar-refractivity contribution in [3.05, 3.63) is 76.7 Å². The number of hydrogen-bond donors (Lipinski definition) is 3. The van der Waals surface area contributed by atoms with Crippen molar-refractivity contribution < 1.29 is 27.1 Å². The predicted octanol–water partition coefficient (Wildman–Crippen LogP) is 3.91. The lowest BCUT2D eigenvalue weighted by Gasteiger charge is -2.25. The van der Waals surface area contributed by atoms with Crippen molar-refractivity contribution in [1.82, 2.24) is 10.3 Å². The summed E-state index contributed by atoms with van der Waals surface area (Å²) in [5.74, 6) is -1.76. The van der Waals surface area contributed by atoms with Crippen LogP contribution in [0.5, 0.6) is 5.75 Å². The number of nitrogens with one attached hydrogen (secondary N) is 3. The molecule has 1 fully saturated rings. The first-order valence-electron chi connectivity index (χ1n) is 11.4. The van der Waals surface area contributed by atoms with Crippen molar-refractivity contribution in [2.75, 3.05) is 30.0 Å². The lowest BCUT2D eigenvalue weighted by Crippen LogP contribution is -2.34. The maximum Gasteiger partial charge on any atom is 0.259 e. The first-order chi connectivity index (χ1) is 17.6. The van der Waals surface area contributed by atoms with Gasteiger partial charge in [-0.1, -0.05) is 11.6 Å². The molecule has 1 aliphatic rings. The topological polar surface area (TPSA) is 126 Å². The van der Waals surface area contributed by atoms with Gasteiger partial charge < -0.3 is 20.7 Å². The summed E-state index contributed by atoms with van der Waals surface area (Å²) in [6, 6.07) is 10.3. The van der Waals surface area contributed by atoms with Crippen molar-refractivity contribution in [3.8, 4) is 5.75 Å². The number of anilines is 2. The number of ether oxygens (including phenoxy) is 1. The van der Waals surface area contributed by atoms with Crippen molar-refractivity contribution >= 4 is 44.8 Å². The number of halogens is 2. The molecule has 0 unspecified atom stereocenters. The van der Waals surface area contributed by atoms with E-state index in [1.165, 1.54) is 42.6 Å². The minimum absolute atomic E-state index is 0.00491. The second-order valence-corrected chi connectivity index (χ2v) is 10.9. The van der Waals surface area contributed by atoms with Gasteiger partial charge >= 0.3 is 0 Å². The molecule has 9 nitrogen and oxygen atoms in total. The molecule has 3 aromatic rings. The van der Waals surface area contributed by atoms with Crippen LogP contribution in [0.1, 0.15) is 33.6 Å². The van der Waals surface area contributed by atoms with Crippen molar-refractivity contribution in [3.63, 3.8) is 0 Å². The highest BCUT2D eigenvalue weighted by molar-refractivity contribution is 7.90. The maximum atomic E-state index is 14.0. The molecule has 2 aromatic carbocycles. The van der Waals surface area contributed by atoms with Crippen LogP contribution >= 0.6 is 11.6 Å². The molecule has 2 amide bonds. The highest BCUT2D eigenvalue weighted by Gasteiger charge is 2.23. The van der Waals surface area contributed by atoms with Gasteiger partial charge in [-0.2, -0.15) is 0 Å². The van der Waals surface area contributed by atoms with Crippen molar-refractivity contribution in [1.29, 1.82) is 0 Å². The molecule has 37 heavy (non-hydrogen) atoms. The second-order valence-electron chi connectivity index (χ2n) is 8.46. The molecule has 4 rings (SSSR count). The van der Waals surface area contributed by atoms with Crippen LogP contribution in [0.2, 0.25) is 5.02 Å². The lowest BCUT2D eigenvalue weighted by molar-refractivity contribution is 0.101. The fourth-order valence-corrected chi connectivity index (χ4v) is 4.50. The minimum atomic E-state index is -3.56. The standard InChI is InChI=1S/C25H24ClFN4O5S/c1-37(34,35)18-4-5-19(22(13-18)36-17-8-10-28-11-9-17)24(32)30-21-6-3-16(27)12-20(21)25(33)31-23-7-2-15(26)14-29-23/h2-7,12-14,17,28H,8-11H2,1H3,(H,30,32)(H,29,31,33). The fraction of sp³-hybridized carbons (Fsp3) is 0.240. The maximum absolute atomic E-state index is 14.0. The Balaban J connectivity index is 1.62. The molecular formula is C25H24ClFN4O5S. The summed E-state index contributed by atoms with van der Waals surface area (Å²) in [5, 5.41) is 8.74. The molecule has 194 valence electrons. The number of amides is 2. The van der Waals surface area contributed by atoms with Crippen molar-refractivity contribution in [2.45, 2.75) is 23.8 Å². The molecule has 0 radical (unpaired) electrons. The zero-order valence-corrected chi connectivity index (χ0v) is 21.3. The number of carbonyl (C=O) groups excluding carboxylic acids is 2. The van der Waals surface area contributed by atoms with Crippen LogP contribution in [0.25, 0.3) is 0 Å². The highest BCUT2D eigenvalue weighted by Crippen LogP contribution is 2.28. The number of carbonyl (C=O) groups is 2. The summed E-state index contributed by atoms with van der Waals surface area (Å²) in [6.45, 7) is 1.46. The normalized spacial score (nSPS) is 14.1. The molecule has 0 atom stereocenters. The van der Waals surface area contributed by atoms with E-state index >= 15 is 0 Å². The van der Waals surface area contributed by atoms with E-state index < -0.39 is 27.5 Å². The third-order valence-electron chi connectivity index (χ3n) is 5.65. The van der Waals surface area contributed by atoms with Crippen LogP contribution in [-0.4, -0.2) is 50.7 Å². The summed E-state index contributed by atoms with van der Waals surface area (Å²) in [5.41, 5.74) is -0.0301. The molecule has 0 spiro atoms. The molecule has 3 N–H and O–H groups in total. The summed E-state index contributed by atoms with van der Waals surface area (Å²) < 4.78 is 44.3. The number of sulfone groups is 1. The lowest BCUT2D eigenvalue weighted by atomic mass is 10.1. The van der Waals surface area contributed by atoms with E-state index in [2.05, 4.69) is 20.9 Å². The molecular weight excluding hydrogens is 523 g/mol. The Morgan fingerprint density at radius 3 is 2.43 bits per heavy atom. The third-order valence-corrected chi connectivity index (χ3v) is 6.98. The first-order valence-corrected chi connectivity index (χ1v) is 13.6. The molecule has 0 aliphatic carbocycles. The van der Waals surface area contributed by atoms with Gasteiger partial charge in [-0.15, -0.1) is 0 Å². The smallest absolute Gasteiger partial charge is 0.259 e. The molecule has 1 saturated heterocycles. The number of nitrogens with zero attached hydrogens (tertiary/aromatic N) is 1. The number of piperidine rings is 1. The monoisotopic (exact) mass is 546 g/mol. The molecule has 1 aromatic heterocycles. The summed E-state index contributed by atoms with van der Waals surface area (Å²) in [4.78, 5) is 30.2. The number of aromatic nitrogens is 1. The van der Waals surface area contributed by atoms with E-state index in [-0.39, 0.29) is 39.4 Å². The summed E-state index contributed by atoms with van der Waals surface area (Å²) >= 11 is 5.82. The van der Waals surface area contributed by atoms with Crippen LogP contribution in [-0.2, 0) is 9.84 Å². The Hall–Kier alpha value is -3.54. The van der Waals surface area contributed by atoms with E-state index in [0.717, 1.165) is 31.5 Å². The Morgan fingerprint density at radius 1 is 1.03 bits per heavy atom. The van der Waals surface area contributed by atoms with Gasteiger partial charge in [-0.3, -0.25) is 9.59 Å². The van der Waals surface area contributed by atoms with Gasteiger partial charge in [0.15, 0.2) is 9.84 Å². The van der Waals surface area contributed by atoms with Gasteiger partial charge in [-0.05, 0) is 74.5 Å². The van der Waals surface area contributed by atoms with E-state index in [1.807, 2.05) is 0 Å². The SMILES string of the molecule is CS(=O)(=O)c1ccc(C(=O)Nc2ccc(F)cc2C(=O)Nc2ccc(Cl)cn2)c(OC2CCNCC2)c1. The molecule has 2 heterocycles. The second kappa shape index (κ2) is 11.2. The van der Waals surface area contributed by atoms with E-state index in [0.29, 0.717) is 17.9 Å². The summed E-state index contributed by atoms with van der Waals surface area (Å²) in [6.07, 6.45) is 3.57. The molecule has 0 bridgehead atoms. The summed E-state index contributed by atoms with van der Waals surface area (Å²) in [7, 11) is -3.56. The van der Waals surface area contributed by atoms with Crippen LogP contribution in [0.4, 0.5) is 15.9 Å². The number of pyridine rings is 1. The van der Waals surface area contributed by atoms with Crippen LogP contribution in [0.15, 0.2) is 59.6 Å². The van der Waals surface area contributed by atoms with Gasteiger partial charge in [0.2, 0.25) is 0 Å². The zero-order valence-electron chi connectivity index (χ0n) is 19.8. The minimum Gasteiger partial charge on any atom is -0.489 e. The van der Waals surface area contributed by atoms with Crippen LogP contribution in [0.3, 0.4) is 0 Å². The third kappa shape index (κ3) is 6.82. The molecule has 0 saturated carbocycles.